The topological polar surface area (TPSA) is 102 Å². The highest BCUT2D eigenvalue weighted by Gasteiger charge is 2.20. The molecule has 0 aliphatic heterocycles. The van der Waals surface area contributed by atoms with Gasteiger partial charge in [0.15, 0.2) is 0 Å². The number of rotatable bonds is 3. The fourth-order valence-electron chi connectivity index (χ4n) is 1.39. The molecule has 1 heterocycles. The van der Waals surface area contributed by atoms with Crippen LogP contribution in [0.2, 0.25) is 0 Å². The monoisotopic (exact) mass is 307 g/mol. The number of ether oxygens (including phenoxy) is 1. The summed E-state index contributed by atoms with van der Waals surface area (Å²) < 4.78 is 4.82. The summed E-state index contributed by atoms with van der Waals surface area (Å²) in [5.74, 6) is -1.96. The lowest BCUT2D eigenvalue weighted by atomic mass is 10.2. The molecule has 108 valence electrons. The van der Waals surface area contributed by atoms with Crippen LogP contribution in [0, 0.1) is 0 Å². The largest absolute Gasteiger partial charge is 0.478 e. The molecule has 0 radical (unpaired) electrons. The lowest BCUT2D eigenvalue weighted by Crippen LogP contribution is -2.30. The maximum atomic E-state index is 11.6. The Morgan fingerprint density at radius 3 is 2.48 bits per heavy atom. The Morgan fingerprint density at radius 2 is 1.81 bits per heavy atom. The molecule has 0 fully saturated rings. The van der Waals surface area contributed by atoms with Crippen molar-refractivity contribution in [1.29, 1.82) is 0 Å². The van der Waals surface area contributed by atoms with Gasteiger partial charge in [0.25, 0.3) is 0 Å². The van der Waals surface area contributed by atoms with E-state index in [0.717, 1.165) is 11.3 Å². The SMILES string of the molecule is O=C(NOC(=O)c1sccc1C(=O)O)Oc1ccccc1. The molecule has 2 aromatic rings. The van der Waals surface area contributed by atoms with Crippen LogP contribution >= 0.6 is 11.3 Å². The predicted octanol–water partition coefficient (Wildman–Crippen LogP) is 2.31. The van der Waals surface area contributed by atoms with Gasteiger partial charge in [0.05, 0.1) is 5.56 Å². The van der Waals surface area contributed by atoms with Crippen molar-refractivity contribution in [3.8, 4) is 5.75 Å². The van der Waals surface area contributed by atoms with E-state index in [1.54, 1.807) is 35.8 Å². The molecule has 0 aliphatic rings. The van der Waals surface area contributed by atoms with Crippen molar-refractivity contribution in [2.24, 2.45) is 0 Å². The zero-order valence-corrected chi connectivity index (χ0v) is 11.3. The number of benzene rings is 1. The van der Waals surface area contributed by atoms with Crippen LogP contribution in [0.1, 0.15) is 20.0 Å². The van der Waals surface area contributed by atoms with Gasteiger partial charge >= 0.3 is 18.0 Å². The number of hydrogen-bond donors (Lipinski definition) is 2. The van der Waals surface area contributed by atoms with Gasteiger partial charge in [-0.1, -0.05) is 18.2 Å². The number of hydroxylamine groups is 1. The zero-order valence-electron chi connectivity index (χ0n) is 10.4. The summed E-state index contributed by atoms with van der Waals surface area (Å²) in [6.07, 6.45) is -0.997. The number of carboxylic acid groups (broad SMARTS) is 1. The van der Waals surface area contributed by atoms with E-state index >= 15 is 0 Å². The van der Waals surface area contributed by atoms with E-state index in [1.165, 1.54) is 11.4 Å². The average molecular weight is 307 g/mol. The van der Waals surface area contributed by atoms with Crippen molar-refractivity contribution in [2.75, 3.05) is 0 Å². The van der Waals surface area contributed by atoms with Crippen molar-refractivity contribution >= 4 is 29.4 Å². The van der Waals surface area contributed by atoms with Gasteiger partial charge in [-0.3, -0.25) is 0 Å². The Labute approximate surface area is 122 Å². The highest BCUT2D eigenvalue weighted by atomic mass is 32.1. The first kappa shape index (κ1) is 14.5. The Balaban J connectivity index is 1.90. The van der Waals surface area contributed by atoms with E-state index in [2.05, 4.69) is 4.84 Å². The number of para-hydroxylation sites is 1. The number of carbonyl (C=O) groups is 3. The molecule has 0 bridgehead atoms. The van der Waals surface area contributed by atoms with E-state index in [4.69, 9.17) is 9.84 Å². The minimum atomic E-state index is -1.25. The molecule has 0 saturated heterocycles. The molecule has 0 unspecified atom stereocenters. The van der Waals surface area contributed by atoms with Crippen LogP contribution in [-0.2, 0) is 4.84 Å². The minimum Gasteiger partial charge on any atom is -0.478 e. The van der Waals surface area contributed by atoms with Gasteiger partial charge in [-0.05, 0) is 23.6 Å². The molecule has 0 aliphatic carbocycles. The van der Waals surface area contributed by atoms with Crippen LogP contribution in [0.3, 0.4) is 0 Å². The Bertz CT molecular complexity index is 666. The number of carbonyl (C=O) groups excluding carboxylic acids is 2. The van der Waals surface area contributed by atoms with E-state index in [0.29, 0.717) is 0 Å². The van der Waals surface area contributed by atoms with Crippen molar-refractivity contribution in [2.45, 2.75) is 0 Å². The molecule has 8 heteroatoms. The molecule has 1 amide bonds. The molecule has 1 aromatic carbocycles. The second kappa shape index (κ2) is 6.53. The van der Waals surface area contributed by atoms with Crippen LogP contribution in [-0.4, -0.2) is 23.1 Å². The Hall–Kier alpha value is -2.87. The average Bonchev–Trinajstić information content (AvgIpc) is 2.95. The number of carboxylic acids is 1. The zero-order chi connectivity index (χ0) is 15.2. The van der Waals surface area contributed by atoms with Crippen molar-refractivity contribution in [3.63, 3.8) is 0 Å². The second-order valence-corrected chi connectivity index (χ2v) is 4.58. The predicted molar refractivity (Wildman–Crippen MR) is 72.3 cm³/mol. The van der Waals surface area contributed by atoms with Crippen LogP contribution in [0.4, 0.5) is 4.79 Å². The van der Waals surface area contributed by atoms with E-state index < -0.39 is 18.0 Å². The van der Waals surface area contributed by atoms with Crippen molar-refractivity contribution < 1.29 is 29.1 Å². The molecule has 2 rings (SSSR count). The maximum absolute atomic E-state index is 11.6. The summed E-state index contributed by atoms with van der Waals surface area (Å²) in [6.45, 7) is 0. The summed E-state index contributed by atoms with van der Waals surface area (Å²) in [4.78, 5) is 38.3. The first-order valence-electron chi connectivity index (χ1n) is 5.62. The smallest absolute Gasteiger partial charge is 0.446 e. The fraction of sp³-hybridized carbons (Fsp3) is 0. The van der Waals surface area contributed by atoms with Crippen LogP contribution < -0.4 is 10.2 Å². The molecule has 0 saturated carbocycles. The molecule has 21 heavy (non-hydrogen) atoms. The normalized spacial score (nSPS) is 9.71. The molecular formula is C13H9NO6S. The summed E-state index contributed by atoms with van der Waals surface area (Å²) in [6, 6.07) is 9.44. The first-order chi connectivity index (χ1) is 10.1. The van der Waals surface area contributed by atoms with Gasteiger partial charge in [-0.15, -0.1) is 16.8 Å². The summed E-state index contributed by atoms with van der Waals surface area (Å²) in [7, 11) is 0. The van der Waals surface area contributed by atoms with Gasteiger partial charge in [0.2, 0.25) is 0 Å². The standard InChI is InChI=1S/C13H9NO6S/c15-11(16)9-6-7-21-10(9)12(17)20-14-13(18)19-8-4-2-1-3-5-8/h1-7H,(H,14,18)(H,15,16). The molecule has 2 N–H and O–H groups in total. The highest BCUT2D eigenvalue weighted by Crippen LogP contribution is 2.17. The van der Waals surface area contributed by atoms with E-state index in [-0.39, 0.29) is 16.2 Å². The van der Waals surface area contributed by atoms with Gasteiger partial charge in [-0.2, -0.15) is 0 Å². The summed E-state index contributed by atoms with van der Waals surface area (Å²) >= 11 is 0.894. The van der Waals surface area contributed by atoms with E-state index in [9.17, 15) is 14.4 Å². The number of aromatic carboxylic acids is 1. The third kappa shape index (κ3) is 3.80. The van der Waals surface area contributed by atoms with Crippen LogP contribution in [0.5, 0.6) is 5.75 Å². The third-order valence-corrected chi connectivity index (χ3v) is 3.16. The van der Waals surface area contributed by atoms with Crippen LogP contribution in [0.15, 0.2) is 41.8 Å². The molecule has 0 atom stereocenters. The van der Waals surface area contributed by atoms with Crippen molar-refractivity contribution in [1.82, 2.24) is 5.48 Å². The number of amides is 1. The quantitative estimate of drug-likeness (QED) is 0.844. The minimum absolute atomic E-state index is 0.123. The number of thiophene rings is 1. The molecule has 1 aromatic heterocycles. The second-order valence-electron chi connectivity index (χ2n) is 3.66. The lowest BCUT2D eigenvalue weighted by molar-refractivity contribution is 0.0277. The Morgan fingerprint density at radius 1 is 1.10 bits per heavy atom. The van der Waals surface area contributed by atoms with Crippen LogP contribution in [0.25, 0.3) is 0 Å². The molecule has 0 spiro atoms. The van der Waals surface area contributed by atoms with Crippen molar-refractivity contribution in [3.05, 3.63) is 52.2 Å². The van der Waals surface area contributed by atoms with Gasteiger partial charge in [-0.25, -0.2) is 14.4 Å². The lowest BCUT2D eigenvalue weighted by Gasteiger charge is -2.06. The first-order valence-corrected chi connectivity index (χ1v) is 6.50. The summed E-state index contributed by atoms with van der Waals surface area (Å²) in [5, 5.41) is 10.3. The number of hydrogen-bond acceptors (Lipinski definition) is 6. The van der Waals surface area contributed by atoms with Gasteiger partial charge < -0.3 is 14.7 Å². The Kier molecular flexibility index (Phi) is 4.52. The molecule has 7 nitrogen and oxygen atoms in total. The van der Waals surface area contributed by atoms with Gasteiger partial charge in [0, 0.05) is 0 Å². The third-order valence-electron chi connectivity index (χ3n) is 2.26. The van der Waals surface area contributed by atoms with Gasteiger partial charge in [0.1, 0.15) is 10.6 Å². The summed E-state index contributed by atoms with van der Waals surface area (Å²) in [5.41, 5.74) is 1.60. The van der Waals surface area contributed by atoms with E-state index in [1.807, 2.05) is 0 Å². The highest BCUT2D eigenvalue weighted by molar-refractivity contribution is 7.12. The molecular weight excluding hydrogens is 298 g/mol. The fourth-order valence-corrected chi connectivity index (χ4v) is 2.15. The maximum Gasteiger partial charge on any atom is 0.446 e. The number of nitrogens with one attached hydrogen (secondary N) is 1.